The van der Waals surface area contributed by atoms with Crippen molar-refractivity contribution in [3.63, 3.8) is 0 Å². The number of hydrogen-bond acceptors (Lipinski definition) is 6. The molecule has 3 aromatic rings. The molecule has 0 saturated heterocycles. The molecule has 28 heavy (non-hydrogen) atoms. The Morgan fingerprint density at radius 2 is 1.75 bits per heavy atom. The zero-order valence-electron chi connectivity index (χ0n) is 15.9. The highest BCUT2D eigenvalue weighted by Gasteiger charge is 2.11. The fraction of sp³-hybridized carbons (Fsp3) is 0.200. The second kappa shape index (κ2) is 10.7. The lowest BCUT2D eigenvalue weighted by molar-refractivity contribution is -0.654. The van der Waals surface area contributed by atoms with E-state index in [-0.39, 0.29) is 0 Å². The number of aromatic nitrogens is 1. The minimum absolute atomic E-state index is 0.844. The number of carboxylic acid groups (broad SMARTS) is 1. The van der Waals surface area contributed by atoms with Crippen LogP contribution in [0.5, 0.6) is 0 Å². The van der Waals surface area contributed by atoms with E-state index in [9.17, 15) is 0 Å². The molecule has 0 aliphatic carbocycles. The molecular weight excluding hydrogens is 440 g/mol. The minimum atomic E-state index is -1.08. The maximum atomic E-state index is 8.89. The van der Waals surface area contributed by atoms with Gasteiger partial charge >= 0.3 is 5.13 Å². The predicted octanol–water partition coefficient (Wildman–Crippen LogP) is 4.14. The summed E-state index contributed by atoms with van der Waals surface area (Å²) in [5.41, 5.74) is 3.29. The Balaban J connectivity index is 0.000000640. The van der Waals surface area contributed by atoms with Gasteiger partial charge in [0.25, 0.3) is 0 Å². The van der Waals surface area contributed by atoms with Crippen molar-refractivity contribution in [2.24, 2.45) is 17.3 Å². The minimum Gasteiger partial charge on any atom is -0.550 e. The van der Waals surface area contributed by atoms with E-state index in [2.05, 4.69) is 74.5 Å². The van der Waals surface area contributed by atoms with Crippen molar-refractivity contribution in [1.82, 2.24) is 0 Å². The van der Waals surface area contributed by atoms with E-state index in [1.54, 1.807) is 11.3 Å². The van der Waals surface area contributed by atoms with Crippen molar-refractivity contribution < 1.29 is 14.5 Å². The number of rotatable bonds is 5. The number of carbonyl (C=O) groups is 1. The fourth-order valence-electron chi connectivity index (χ4n) is 2.31. The molecule has 0 amide bonds. The van der Waals surface area contributed by atoms with Crippen LogP contribution >= 0.6 is 27.3 Å². The molecule has 1 heterocycles. The molecule has 0 unspecified atom stereocenters. The van der Waals surface area contributed by atoms with Gasteiger partial charge in [-0.15, -0.1) is 0 Å². The standard InChI is InChI=1S/C18H18BrN4S.C2H4O2/c1-22(12-14-6-4-3-5-7-14)16-10-8-15(9-11-16)20-21-18-23(2)13-17(19)24-18;1-2(3)4/h3-11,13H,12H2,1-2H3;1H3,(H,3,4)/q+1;/p-1. The topological polar surface area (TPSA) is 72.0 Å². The Morgan fingerprint density at radius 3 is 2.29 bits per heavy atom. The first-order chi connectivity index (χ1) is 13.3. The molecule has 0 atom stereocenters. The predicted molar refractivity (Wildman–Crippen MR) is 113 cm³/mol. The van der Waals surface area contributed by atoms with Crippen LogP contribution in [0.15, 0.2) is 74.8 Å². The Bertz CT molecular complexity index is 923. The molecule has 0 saturated carbocycles. The number of carboxylic acids is 1. The van der Waals surface area contributed by atoms with Gasteiger partial charge in [0.1, 0.15) is 15.7 Å². The van der Waals surface area contributed by atoms with E-state index >= 15 is 0 Å². The number of aryl methyl sites for hydroxylation is 1. The molecule has 0 aliphatic rings. The molecule has 0 aliphatic heterocycles. The van der Waals surface area contributed by atoms with Gasteiger partial charge in [0.2, 0.25) is 0 Å². The number of hydrogen-bond donors (Lipinski definition) is 0. The van der Waals surface area contributed by atoms with Gasteiger partial charge in [0, 0.05) is 25.2 Å². The third-order valence-corrected chi connectivity index (χ3v) is 5.13. The van der Waals surface area contributed by atoms with Gasteiger partial charge in [0.15, 0.2) is 0 Å². The molecule has 146 valence electrons. The van der Waals surface area contributed by atoms with E-state index in [4.69, 9.17) is 9.90 Å². The van der Waals surface area contributed by atoms with Crippen molar-refractivity contribution >= 4 is 49.7 Å². The summed E-state index contributed by atoms with van der Waals surface area (Å²) in [5, 5.41) is 18.4. The lowest BCUT2D eigenvalue weighted by Gasteiger charge is -2.19. The Hall–Kier alpha value is -2.58. The highest BCUT2D eigenvalue weighted by molar-refractivity contribution is 9.11. The maximum Gasteiger partial charge on any atom is 0.409 e. The van der Waals surface area contributed by atoms with Crippen LogP contribution in [0.1, 0.15) is 12.5 Å². The first kappa shape index (κ1) is 21.7. The van der Waals surface area contributed by atoms with Gasteiger partial charge in [-0.2, -0.15) is 0 Å². The molecule has 0 fully saturated rings. The summed E-state index contributed by atoms with van der Waals surface area (Å²) in [6, 6.07) is 18.6. The van der Waals surface area contributed by atoms with Crippen LogP contribution in [-0.2, 0) is 18.4 Å². The summed E-state index contributed by atoms with van der Waals surface area (Å²) >= 11 is 5.01. The molecular formula is C20H21BrN4O2S. The second-order valence-corrected chi connectivity index (χ2v) is 8.37. The summed E-state index contributed by atoms with van der Waals surface area (Å²) in [4.78, 5) is 11.1. The van der Waals surface area contributed by atoms with E-state index in [0.29, 0.717) is 0 Å². The summed E-state index contributed by atoms with van der Waals surface area (Å²) < 4.78 is 2.98. The maximum absolute atomic E-state index is 8.89. The summed E-state index contributed by atoms with van der Waals surface area (Å²) in [5.74, 6) is -1.08. The number of anilines is 1. The van der Waals surface area contributed by atoms with Crippen LogP contribution in [0.2, 0.25) is 0 Å². The number of azo groups is 1. The van der Waals surface area contributed by atoms with E-state index < -0.39 is 5.97 Å². The third-order valence-electron chi connectivity index (χ3n) is 3.59. The van der Waals surface area contributed by atoms with Gasteiger partial charge < -0.3 is 14.8 Å². The third kappa shape index (κ3) is 7.21. The van der Waals surface area contributed by atoms with Crippen molar-refractivity contribution in [3.05, 3.63) is 70.1 Å². The van der Waals surface area contributed by atoms with Crippen LogP contribution in [0.3, 0.4) is 0 Å². The number of halogens is 1. The Labute approximate surface area is 176 Å². The van der Waals surface area contributed by atoms with E-state index in [0.717, 1.165) is 33.8 Å². The summed E-state index contributed by atoms with van der Waals surface area (Å²) in [6.45, 7) is 1.85. The van der Waals surface area contributed by atoms with Crippen molar-refractivity contribution in [3.8, 4) is 0 Å². The Kier molecular flexibility index (Phi) is 8.28. The molecule has 2 aromatic carbocycles. The normalized spacial score (nSPS) is 10.4. The highest BCUT2D eigenvalue weighted by Crippen LogP contribution is 2.26. The number of aliphatic carboxylic acids is 1. The quantitative estimate of drug-likeness (QED) is 0.424. The molecule has 0 radical (unpaired) electrons. The van der Waals surface area contributed by atoms with Gasteiger partial charge in [-0.25, -0.2) is 4.57 Å². The molecule has 0 spiro atoms. The molecule has 0 bridgehead atoms. The molecule has 1 aromatic heterocycles. The zero-order chi connectivity index (χ0) is 20.5. The molecule has 6 nitrogen and oxygen atoms in total. The first-order valence-corrected chi connectivity index (χ1v) is 10.1. The highest BCUT2D eigenvalue weighted by atomic mass is 79.9. The average molecular weight is 461 g/mol. The smallest absolute Gasteiger partial charge is 0.409 e. The Morgan fingerprint density at radius 1 is 1.14 bits per heavy atom. The first-order valence-electron chi connectivity index (χ1n) is 8.44. The number of benzene rings is 2. The average Bonchev–Trinajstić information content (AvgIpc) is 2.98. The number of thiazole rings is 1. The molecule has 0 N–H and O–H groups in total. The SMILES string of the molecule is CC(=O)[O-].CN(Cc1ccccc1)c1ccc(/N=N/c2sc(Br)c[n+]2C)cc1. The van der Waals surface area contributed by atoms with Crippen LogP contribution < -0.4 is 14.6 Å². The number of nitrogens with zero attached hydrogens (tertiary/aromatic N) is 4. The van der Waals surface area contributed by atoms with E-state index in [1.165, 1.54) is 5.56 Å². The van der Waals surface area contributed by atoms with Gasteiger partial charge in [-0.1, -0.05) is 30.3 Å². The monoisotopic (exact) mass is 460 g/mol. The van der Waals surface area contributed by atoms with E-state index in [1.807, 2.05) is 36.0 Å². The lowest BCUT2D eigenvalue weighted by atomic mass is 10.2. The zero-order valence-corrected chi connectivity index (χ0v) is 18.3. The number of carbonyl (C=O) groups excluding carboxylic acids is 1. The van der Waals surface area contributed by atoms with Gasteiger partial charge in [-0.3, -0.25) is 0 Å². The fourth-order valence-corrected chi connectivity index (χ4v) is 3.71. The molecule has 8 heteroatoms. The summed E-state index contributed by atoms with van der Waals surface area (Å²) in [6.07, 6.45) is 1.97. The van der Waals surface area contributed by atoms with Crippen molar-refractivity contribution in [1.29, 1.82) is 0 Å². The largest absolute Gasteiger partial charge is 0.550 e. The van der Waals surface area contributed by atoms with Crippen molar-refractivity contribution in [2.75, 3.05) is 11.9 Å². The van der Waals surface area contributed by atoms with Crippen molar-refractivity contribution in [2.45, 2.75) is 13.5 Å². The van der Waals surface area contributed by atoms with Crippen LogP contribution in [0, 0.1) is 0 Å². The summed E-state index contributed by atoms with van der Waals surface area (Å²) in [7, 11) is 4.05. The van der Waals surface area contributed by atoms with Gasteiger partial charge in [-0.05, 0) is 69.1 Å². The van der Waals surface area contributed by atoms with Crippen LogP contribution in [0.25, 0.3) is 0 Å². The van der Waals surface area contributed by atoms with Crippen LogP contribution in [-0.4, -0.2) is 13.0 Å². The molecule has 3 rings (SSSR count). The van der Waals surface area contributed by atoms with Gasteiger partial charge in [0.05, 0.1) is 12.2 Å². The van der Waals surface area contributed by atoms with Crippen LogP contribution in [0.4, 0.5) is 16.5 Å². The second-order valence-electron chi connectivity index (χ2n) is 5.98. The lowest BCUT2D eigenvalue weighted by Crippen LogP contribution is -2.23.